The van der Waals surface area contributed by atoms with Gasteiger partial charge in [0, 0.05) is 38.2 Å². The second kappa shape index (κ2) is 12.5. The van der Waals surface area contributed by atoms with E-state index in [-0.39, 0.29) is 25.0 Å². The molecule has 0 aliphatic carbocycles. The molecule has 0 radical (unpaired) electrons. The maximum atomic E-state index is 13.6. The molecule has 1 atom stereocenters. The van der Waals surface area contributed by atoms with Crippen molar-refractivity contribution < 1.29 is 23.8 Å². The van der Waals surface area contributed by atoms with E-state index in [1.165, 1.54) is 0 Å². The first-order valence-corrected chi connectivity index (χ1v) is 11.4. The minimum absolute atomic E-state index is 0.237. The molecule has 0 spiro atoms. The van der Waals surface area contributed by atoms with Gasteiger partial charge in [-0.2, -0.15) is 0 Å². The van der Waals surface area contributed by atoms with Crippen LogP contribution in [0.15, 0.2) is 72.8 Å². The first-order chi connectivity index (χ1) is 16.9. The predicted octanol–water partition coefficient (Wildman–Crippen LogP) is 3.78. The zero-order valence-corrected chi connectivity index (χ0v) is 20.6. The van der Waals surface area contributed by atoms with Crippen LogP contribution in [0.4, 0.5) is 0 Å². The highest BCUT2D eigenvalue weighted by atomic mass is 16.5. The maximum absolute atomic E-state index is 13.6. The monoisotopic (exact) mass is 476 g/mol. The molecule has 0 heterocycles. The third-order valence-electron chi connectivity index (χ3n) is 5.81. The highest BCUT2D eigenvalue weighted by Crippen LogP contribution is 2.27. The van der Waals surface area contributed by atoms with E-state index >= 15 is 0 Å². The van der Waals surface area contributed by atoms with Crippen LogP contribution in [0.1, 0.15) is 16.7 Å². The Hall–Kier alpha value is -4.00. The molecule has 7 heteroatoms. The first-order valence-electron chi connectivity index (χ1n) is 11.4. The van der Waals surface area contributed by atoms with Crippen LogP contribution in [0.3, 0.4) is 0 Å². The van der Waals surface area contributed by atoms with Crippen molar-refractivity contribution in [3.8, 4) is 17.2 Å². The molecule has 35 heavy (non-hydrogen) atoms. The number of ether oxygens (including phenoxy) is 3. The number of aryl methyl sites for hydroxylation is 1. The van der Waals surface area contributed by atoms with E-state index in [9.17, 15) is 9.59 Å². The largest absolute Gasteiger partial charge is 0.496 e. The molecule has 0 saturated carbocycles. The molecule has 3 aromatic carbocycles. The lowest BCUT2D eigenvalue weighted by Crippen LogP contribution is -2.51. The molecule has 3 rings (SSSR count). The lowest BCUT2D eigenvalue weighted by molar-refractivity contribution is -0.142. The highest BCUT2D eigenvalue weighted by Gasteiger charge is 2.30. The summed E-state index contributed by atoms with van der Waals surface area (Å²) in [6.45, 7) is 2.02. The fourth-order valence-corrected chi connectivity index (χ4v) is 3.78. The zero-order valence-electron chi connectivity index (χ0n) is 20.6. The number of nitrogens with one attached hydrogen (secondary N) is 1. The summed E-state index contributed by atoms with van der Waals surface area (Å²) in [4.78, 5) is 28.1. The van der Waals surface area contributed by atoms with Crippen molar-refractivity contribution in [2.75, 3.05) is 27.9 Å². The number of carbonyl (C=O) groups is 2. The Balaban J connectivity index is 1.89. The Morgan fingerprint density at radius 1 is 0.886 bits per heavy atom. The third kappa shape index (κ3) is 6.99. The van der Waals surface area contributed by atoms with Crippen LogP contribution in [0.25, 0.3) is 0 Å². The highest BCUT2D eigenvalue weighted by molar-refractivity contribution is 5.88. The molecule has 0 bridgehead atoms. The number of carbonyl (C=O) groups excluding carboxylic acids is 2. The Bertz CT molecular complexity index is 1110. The average molecular weight is 477 g/mol. The molecule has 0 fully saturated rings. The van der Waals surface area contributed by atoms with Crippen molar-refractivity contribution in [1.82, 2.24) is 10.2 Å². The van der Waals surface area contributed by atoms with E-state index in [0.717, 1.165) is 16.7 Å². The van der Waals surface area contributed by atoms with E-state index in [1.54, 1.807) is 44.4 Å². The normalized spacial score (nSPS) is 11.3. The zero-order chi connectivity index (χ0) is 25.2. The number of hydrogen-bond acceptors (Lipinski definition) is 5. The molecule has 0 aromatic heterocycles. The van der Waals surface area contributed by atoms with Gasteiger partial charge in [0.25, 0.3) is 5.91 Å². The first kappa shape index (κ1) is 25.6. The quantitative estimate of drug-likeness (QED) is 0.456. The van der Waals surface area contributed by atoms with Crippen molar-refractivity contribution >= 4 is 11.8 Å². The summed E-state index contributed by atoms with van der Waals surface area (Å²) < 4.78 is 16.4. The van der Waals surface area contributed by atoms with Gasteiger partial charge in [-0.05, 0) is 23.6 Å². The van der Waals surface area contributed by atoms with E-state index in [1.807, 2.05) is 61.5 Å². The molecule has 3 aromatic rings. The van der Waals surface area contributed by atoms with Crippen molar-refractivity contribution in [2.45, 2.75) is 25.9 Å². The van der Waals surface area contributed by atoms with Gasteiger partial charge in [-0.25, -0.2) is 0 Å². The molecule has 184 valence electrons. The molecule has 0 saturated heterocycles. The summed E-state index contributed by atoms with van der Waals surface area (Å²) in [7, 11) is 4.67. The fourth-order valence-electron chi connectivity index (χ4n) is 3.78. The van der Waals surface area contributed by atoms with Gasteiger partial charge in [0.15, 0.2) is 6.61 Å². The summed E-state index contributed by atoms with van der Waals surface area (Å²) in [6, 6.07) is 21.9. The van der Waals surface area contributed by atoms with Crippen LogP contribution in [0.2, 0.25) is 0 Å². The molecule has 0 aliphatic heterocycles. The molecular formula is C28H32N2O5. The Morgan fingerprint density at radius 3 is 2.09 bits per heavy atom. The standard InChI is InChI=1S/C28H32N2O5/c1-20-10-8-9-13-22(20)18-30(26(28(32)29-2)14-21-11-6-5-7-12-21)27(31)19-35-25-16-23(33-3)15-24(17-25)34-4/h5-13,15-17,26H,14,18-19H2,1-4H3,(H,29,32). The van der Waals surface area contributed by atoms with Crippen LogP contribution in [0.5, 0.6) is 17.2 Å². The summed E-state index contributed by atoms with van der Waals surface area (Å²) in [5.41, 5.74) is 2.96. The maximum Gasteiger partial charge on any atom is 0.261 e. The molecule has 7 nitrogen and oxygen atoms in total. The van der Waals surface area contributed by atoms with Gasteiger partial charge >= 0.3 is 0 Å². The van der Waals surface area contributed by atoms with Crippen LogP contribution in [0, 0.1) is 6.92 Å². The second-order valence-corrected chi connectivity index (χ2v) is 8.10. The SMILES string of the molecule is CNC(=O)C(Cc1ccccc1)N(Cc1ccccc1C)C(=O)COc1cc(OC)cc(OC)c1. The number of likely N-dealkylation sites (N-methyl/N-ethyl adjacent to an activating group) is 1. The van der Waals surface area contributed by atoms with Gasteiger partial charge in [-0.3, -0.25) is 9.59 Å². The van der Waals surface area contributed by atoms with E-state index in [4.69, 9.17) is 14.2 Å². The third-order valence-corrected chi connectivity index (χ3v) is 5.81. The van der Waals surface area contributed by atoms with E-state index in [0.29, 0.717) is 23.7 Å². The summed E-state index contributed by atoms with van der Waals surface area (Å²) in [6.07, 6.45) is 0.380. The van der Waals surface area contributed by atoms with Gasteiger partial charge in [0.05, 0.1) is 14.2 Å². The molecule has 2 amide bonds. The van der Waals surface area contributed by atoms with Crippen molar-refractivity contribution in [1.29, 1.82) is 0 Å². The van der Waals surface area contributed by atoms with Crippen molar-refractivity contribution in [2.24, 2.45) is 0 Å². The summed E-state index contributed by atoms with van der Waals surface area (Å²) >= 11 is 0. The number of hydrogen-bond donors (Lipinski definition) is 1. The number of methoxy groups -OCH3 is 2. The Labute approximate surface area is 206 Å². The number of benzene rings is 3. The van der Waals surface area contributed by atoms with Crippen LogP contribution < -0.4 is 19.5 Å². The van der Waals surface area contributed by atoms with Gasteiger partial charge in [0.1, 0.15) is 23.3 Å². The van der Waals surface area contributed by atoms with Crippen LogP contribution >= 0.6 is 0 Å². The Kier molecular flexibility index (Phi) is 9.12. The Morgan fingerprint density at radius 2 is 1.49 bits per heavy atom. The molecule has 0 aliphatic rings. The van der Waals surface area contributed by atoms with Gasteiger partial charge in [-0.1, -0.05) is 54.6 Å². The van der Waals surface area contributed by atoms with Gasteiger partial charge in [0.2, 0.25) is 5.91 Å². The van der Waals surface area contributed by atoms with Gasteiger partial charge < -0.3 is 24.4 Å². The minimum Gasteiger partial charge on any atom is -0.496 e. The predicted molar refractivity (Wildman–Crippen MR) is 135 cm³/mol. The molecule has 1 N–H and O–H groups in total. The smallest absolute Gasteiger partial charge is 0.261 e. The molecular weight excluding hydrogens is 444 g/mol. The minimum atomic E-state index is -0.710. The fraction of sp³-hybridized carbons (Fsp3) is 0.286. The average Bonchev–Trinajstić information content (AvgIpc) is 2.90. The van der Waals surface area contributed by atoms with Crippen molar-refractivity contribution in [3.63, 3.8) is 0 Å². The number of nitrogens with zero attached hydrogens (tertiary/aromatic N) is 1. The molecule has 1 unspecified atom stereocenters. The summed E-state index contributed by atoms with van der Waals surface area (Å²) in [5.74, 6) is 0.995. The van der Waals surface area contributed by atoms with Crippen LogP contribution in [-0.4, -0.2) is 50.6 Å². The van der Waals surface area contributed by atoms with Crippen LogP contribution in [-0.2, 0) is 22.6 Å². The van der Waals surface area contributed by atoms with E-state index in [2.05, 4.69) is 5.32 Å². The number of rotatable bonds is 11. The number of amides is 2. The topological polar surface area (TPSA) is 77.1 Å². The second-order valence-electron chi connectivity index (χ2n) is 8.10. The van der Waals surface area contributed by atoms with E-state index < -0.39 is 6.04 Å². The van der Waals surface area contributed by atoms with Crippen molar-refractivity contribution in [3.05, 3.63) is 89.5 Å². The lowest BCUT2D eigenvalue weighted by atomic mass is 10.0. The lowest BCUT2D eigenvalue weighted by Gasteiger charge is -2.31. The van der Waals surface area contributed by atoms with Gasteiger partial charge in [-0.15, -0.1) is 0 Å². The summed E-state index contributed by atoms with van der Waals surface area (Å²) in [5, 5.41) is 2.72.